The molecule has 0 spiro atoms. The molecule has 0 bridgehead atoms. The molecule has 1 aliphatic heterocycles. The lowest BCUT2D eigenvalue weighted by atomic mass is 9.85. The summed E-state index contributed by atoms with van der Waals surface area (Å²) in [5.41, 5.74) is 5.96. The van der Waals surface area contributed by atoms with Crippen molar-refractivity contribution in [1.29, 1.82) is 0 Å². The molecule has 0 radical (unpaired) electrons. The monoisotopic (exact) mass is 224 g/mol. The third kappa shape index (κ3) is 3.21. The SMILES string of the molecule is CC1CCN(CC2CCC(N)CC2)C(C)C1. The fraction of sp³-hybridized carbons (Fsp3) is 1.00. The highest BCUT2D eigenvalue weighted by Crippen LogP contribution is 2.28. The maximum absolute atomic E-state index is 5.96. The first-order valence-corrected chi connectivity index (χ1v) is 7.14. The van der Waals surface area contributed by atoms with Gasteiger partial charge in [0.2, 0.25) is 0 Å². The molecule has 2 nitrogen and oxygen atoms in total. The maximum Gasteiger partial charge on any atom is 0.00695 e. The molecule has 1 saturated heterocycles. The number of piperidine rings is 1. The topological polar surface area (TPSA) is 29.3 Å². The summed E-state index contributed by atoms with van der Waals surface area (Å²) in [5, 5.41) is 0. The number of hydrogen-bond acceptors (Lipinski definition) is 2. The van der Waals surface area contributed by atoms with Gasteiger partial charge in [0.1, 0.15) is 0 Å². The molecule has 0 aromatic heterocycles. The van der Waals surface area contributed by atoms with Crippen molar-refractivity contribution in [3.63, 3.8) is 0 Å². The molecular formula is C14H28N2. The van der Waals surface area contributed by atoms with Gasteiger partial charge in [0, 0.05) is 18.6 Å². The first-order chi connectivity index (χ1) is 7.65. The lowest BCUT2D eigenvalue weighted by molar-refractivity contribution is 0.0981. The Hall–Kier alpha value is -0.0800. The van der Waals surface area contributed by atoms with Crippen LogP contribution < -0.4 is 5.73 Å². The van der Waals surface area contributed by atoms with E-state index in [9.17, 15) is 0 Å². The van der Waals surface area contributed by atoms with Gasteiger partial charge >= 0.3 is 0 Å². The van der Waals surface area contributed by atoms with Crippen molar-refractivity contribution in [3.05, 3.63) is 0 Å². The molecule has 1 heterocycles. The predicted molar refractivity (Wildman–Crippen MR) is 69.4 cm³/mol. The van der Waals surface area contributed by atoms with Gasteiger partial charge in [-0.25, -0.2) is 0 Å². The van der Waals surface area contributed by atoms with Gasteiger partial charge in [-0.2, -0.15) is 0 Å². The van der Waals surface area contributed by atoms with Crippen molar-refractivity contribution in [3.8, 4) is 0 Å². The number of nitrogens with two attached hydrogens (primary N) is 1. The van der Waals surface area contributed by atoms with E-state index in [2.05, 4.69) is 18.7 Å². The van der Waals surface area contributed by atoms with Gasteiger partial charge in [-0.3, -0.25) is 0 Å². The highest BCUT2D eigenvalue weighted by Gasteiger charge is 2.26. The minimum Gasteiger partial charge on any atom is -0.328 e. The molecule has 2 fully saturated rings. The molecule has 2 unspecified atom stereocenters. The molecule has 2 rings (SSSR count). The van der Waals surface area contributed by atoms with E-state index in [1.165, 1.54) is 51.6 Å². The average Bonchev–Trinajstić information content (AvgIpc) is 2.25. The van der Waals surface area contributed by atoms with Crippen LogP contribution in [-0.2, 0) is 0 Å². The molecule has 0 aromatic rings. The van der Waals surface area contributed by atoms with Crippen LogP contribution in [0.3, 0.4) is 0 Å². The minimum atomic E-state index is 0.495. The fourth-order valence-corrected chi connectivity index (χ4v) is 3.43. The Morgan fingerprint density at radius 3 is 2.38 bits per heavy atom. The highest BCUT2D eigenvalue weighted by atomic mass is 15.2. The molecule has 0 amide bonds. The van der Waals surface area contributed by atoms with Gasteiger partial charge in [0.25, 0.3) is 0 Å². The molecule has 1 saturated carbocycles. The van der Waals surface area contributed by atoms with Crippen LogP contribution in [0.25, 0.3) is 0 Å². The fourth-order valence-electron chi connectivity index (χ4n) is 3.43. The maximum atomic E-state index is 5.96. The minimum absolute atomic E-state index is 0.495. The first-order valence-electron chi connectivity index (χ1n) is 7.14. The normalized spacial score (nSPS) is 42.2. The summed E-state index contributed by atoms with van der Waals surface area (Å²) in [6.45, 7) is 7.46. The van der Waals surface area contributed by atoms with Gasteiger partial charge in [0.15, 0.2) is 0 Å². The van der Waals surface area contributed by atoms with Gasteiger partial charge in [0.05, 0.1) is 0 Å². The van der Waals surface area contributed by atoms with Crippen molar-refractivity contribution in [2.75, 3.05) is 13.1 Å². The third-order valence-corrected chi connectivity index (χ3v) is 4.66. The number of rotatable bonds is 2. The molecule has 2 atom stereocenters. The number of likely N-dealkylation sites (tertiary alicyclic amines) is 1. The van der Waals surface area contributed by atoms with Crippen LogP contribution >= 0.6 is 0 Å². The smallest absolute Gasteiger partial charge is 0.00695 e. The predicted octanol–water partition coefficient (Wildman–Crippen LogP) is 2.62. The molecule has 1 aliphatic carbocycles. The molecular weight excluding hydrogens is 196 g/mol. The summed E-state index contributed by atoms with van der Waals surface area (Å²) in [6.07, 6.45) is 8.02. The van der Waals surface area contributed by atoms with E-state index in [4.69, 9.17) is 5.73 Å². The zero-order chi connectivity index (χ0) is 11.5. The summed E-state index contributed by atoms with van der Waals surface area (Å²) in [4.78, 5) is 2.72. The molecule has 94 valence electrons. The van der Waals surface area contributed by atoms with E-state index >= 15 is 0 Å². The summed E-state index contributed by atoms with van der Waals surface area (Å²) in [6, 6.07) is 1.30. The average molecular weight is 224 g/mol. The second-order valence-corrected chi connectivity index (χ2v) is 6.25. The van der Waals surface area contributed by atoms with E-state index in [0.717, 1.165) is 17.9 Å². The second-order valence-electron chi connectivity index (χ2n) is 6.25. The second kappa shape index (κ2) is 5.50. The molecule has 0 aromatic carbocycles. The van der Waals surface area contributed by atoms with Crippen LogP contribution in [0.2, 0.25) is 0 Å². The lowest BCUT2D eigenvalue weighted by Gasteiger charge is -2.39. The van der Waals surface area contributed by atoms with Crippen molar-refractivity contribution < 1.29 is 0 Å². The quantitative estimate of drug-likeness (QED) is 0.781. The molecule has 2 N–H and O–H groups in total. The Morgan fingerprint density at radius 2 is 1.75 bits per heavy atom. The van der Waals surface area contributed by atoms with Gasteiger partial charge < -0.3 is 10.6 Å². The molecule has 2 heteroatoms. The molecule has 2 aliphatic rings. The van der Waals surface area contributed by atoms with E-state index in [0.29, 0.717) is 6.04 Å². The van der Waals surface area contributed by atoms with Crippen LogP contribution in [0.4, 0.5) is 0 Å². The van der Waals surface area contributed by atoms with Crippen molar-refractivity contribution in [2.45, 2.75) is 64.5 Å². The van der Waals surface area contributed by atoms with Crippen molar-refractivity contribution in [1.82, 2.24) is 4.90 Å². The lowest BCUT2D eigenvalue weighted by Crippen LogP contribution is -2.43. The summed E-state index contributed by atoms with van der Waals surface area (Å²) in [7, 11) is 0. The van der Waals surface area contributed by atoms with E-state index < -0.39 is 0 Å². The Balaban J connectivity index is 1.76. The van der Waals surface area contributed by atoms with Crippen LogP contribution in [-0.4, -0.2) is 30.1 Å². The van der Waals surface area contributed by atoms with Gasteiger partial charge in [-0.1, -0.05) is 6.92 Å². The summed E-state index contributed by atoms with van der Waals surface area (Å²) >= 11 is 0. The zero-order valence-corrected chi connectivity index (χ0v) is 11.0. The molecule has 16 heavy (non-hydrogen) atoms. The van der Waals surface area contributed by atoms with Crippen LogP contribution in [0.5, 0.6) is 0 Å². The van der Waals surface area contributed by atoms with Crippen LogP contribution in [0.1, 0.15) is 52.4 Å². The van der Waals surface area contributed by atoms with Gasteiger partial charge in [-0.15, -0.1) is 0 Å². The number of hydrogen-bond donors (Lipinski definition) is 1. The Morgan fingerprint density at radius 1 is 1.06 bits per heavy atom. The van der Waals surface area contributed by atoms with E-state index in [1.807, 2.05) is 0 Å². The Labute approximate surface area is 101 Å². The van der Waals surface area contributed by atoms with Crippen molar-refractivity contribution >= 4 is 0 Å². The Bertz CT molecular complexity index is 209. The Kier molecular flexibility index (Phi) is 4.26. The standard InChI is InChI=1S/C14H28N2/c1-11-7-8-16(12(2)9-11)10-13-3-5-14(15)6-4-13/h11-14H,3-10,15H2,1-2H3. The summed E-state index contributed by atoms with van der Waals surface area (Å²) < 4.78 is 0. The number of nitrogens with zero attached hydrogens (tertiary/aromatic N) is 1. The van der Waals surface area contributed by atoms with E-state index in [-0.39, 0.29) is 0 Å². The third-order valence-electron chi connectivity index (χ3n) is 4.66. The van der Waals surface area contributed by atoms with Gasteiger partial charge in [-0.05, 0) is 63.8 Å². The largest absolute Gasteiger partial charge is 0.328 e. The van der Waals surface area contributed by atoms with E-state index in [1.54, 1.807) is 0 Å². The highest BCUT2D eigenvalue weighted by molar-refractivity contribution is 4.81. The van der Waals surface area contributed by atoms with Crippen LogP contribution in [0, 0.1) is 11.8 Å². The van der Waals surface area contributed by atoms with Crippen molar-refractivity contribution in [2.24, 2.45) is 17.6 Å². The summed E-state index contributed by atoms with van der Waals surface area (Å²) in [5.74, 6) is 1.86. The van der Waals surface area contributed by atoms with Crippen LogP contribution in [0.15, 0.2) is 0 Å². The first kappa shape index (κ1) is 12.4. The zero-order valence-electron chi connectivity index (χ0n) is 11.0.